The van der Waals surface area contributed by atoms with Crippen LogP contribution in [0.4, 0.5) is 0 Å². The Labute approximate surface area is 171 Å². The van der Waals surface area contributed by atoms with Crippen molar-refractivity contribution in [1.29, 1.82) is 0 Å². The van der Waals surface area contributed by atoms with Crippen molar-refractivity contribution in [3.05, 3.63) is 18.0 Å². The number of carbonyl (C=O) groups is 2. The Balaban J connectivity index is 1.39. The maximum Gasteiger partial charge on any atom is 0.273 e. The minimum Gasteiger partial charge on any atom is -0.364 e. The molecule has 3 aliphatic rings. The fourth-order valence-corrected chi connectivity index (χ4v) is 7.47. The zero-order valence-corrected chi connectivity index (χ0v) is 17.6. The first-order valence-electron chi connectivity index (χ1n) is 10.5. The van der Waals surface area contributed by atoms with E-state index in [9.17, 15) is 18.0 Å². The molecule has 2 atom stereocenters. The lowest BCUT2D eigenvalue weighted by Gasteiger charge is -2.51. The number of aromatic nitrogens is 1. The van der Waals surface area contributed by atoms with E-state index in [0.717, 1.165) is 32.4 Å². The average molecular weight is 424 g/mol. The van der Waals surface area contributed by atoms with Crippen molar-refractivity contribution in [1.82, 2.24) is 15.4 Å². The standard InChI is InChI=1S/C20H29N3O5S/c1-14-3-2-7-23(8-4-14)19(25)15-11-20(12-15)13-16(6-10-29(20,26)27)21-18(24)17-5-9-28-22-17/h5,9,14-16H,2-4,6-8,10-13H2,1H3,(H,21,24). The molecule has 9 heteroatoms. The van der Waals surface area contributed by atoms with Gasteiger partial charge in [-0.2, -0.15) is 0 Å². The van der Waals surface area contributed by atoms with Gasteiger partial charge in [0.2, 0.25) is 5.91 Å². The van der Waals surface area contributed by atoms with Crippen LogP contribution in [0.5, 0.6) is 0 Å². The van der Waals surface area contributed by atoms with Gasteiger partial charge in [0.05, 0.1) is 10.5 Å². The zero-order chi connectivity index (χ0) is 20.6. The monoisotopic (exact) mass is 423 g/mol. The molecule has 8 nitrogen and oxygen atoms in total. The molecular formula is C20H29N3O5S. The van der Waals surface area contributed by atoms with Gasteiger partial charge in [-0.05, 0) is 50.9 Å². The molecule has 1 aromatic heterocycles. The van der Waals surface area contributed by atoms with Crippen molar-refractivity contribution in [2.24, 2.45) is 11.8 Å². The second-order valence-electron chi connectivity index (χ2n) is 9.02. The van der Waals surface area contributed by atoms with E-state index in [4.69, 9.17) is 4.52 Å². The molecule has 1 N–H and O–H groups in total. The first-order chi connectivity index (χ1) is 13.8. The Kier molecular flexibility index (Phi) is 5.44. The molecule has 4 rings (SSSR count). The third-order valence-corrected chi connectivity index (χ3v) is 9.53. The van der Waals surface area contributed by atoms with E-state index in [0.29, 0.717) is 31.6 Å². The number of nitrogens with zero attached hydrogens (tertiary/aromatic N) is 2. The van der Waals surface area contributed by atoms with Gasteiger partial charge in [0, 0.05) is 31.1 Å². The van der Waals surface area contributed by atoms with Crippen LogP contribution in [0.1, 0.15) is 62.4 Å². The third-order valence-electron chi connectivity index (χ3n) is 6.93. The SMILES string of the molecule is CC1CCCN(C(=O)C2CC3(CC(NC(=O)c4ccon4)CCS3(=O)=O)C2)CC1. The van der Waals surface area contributed by atoms with Crippen molar-refractivity contribution in [3.63, 3.8) is 0 Å². The summed E-state index contributed by atoms with van der Waals surface area (Å²) in [6.07, 6.45) is 5.98. The normalized spacial score (nSPS) is 34.2. The number of sulfone groups is 1. The molecule has 1 saturated carbocycles. The molecule has 2 unspecified atom stereocenters. The Morgan fingerprint density at radius 3 is 2.72 bits per heavy atom. The van der Waals surface area contributed by atoms with E-state index >= 15 is 0 Å². The van der Waals surface area contributed by atoms with Crippen LogP contribution in [0.3, 0.4) is 0 Å². The van der Waals surface area contributed by atoms with Gasteiger partial charge >= 0.3 is 0 Å². The molecule has 1 spiro atoms. The van der Waals surface area contributed by atoms with Gasteiger partial charge in [-0.3, -0.25) is 9.59 Å². The summed E-state index contributed by atoms with van der Waals surface area (Å²) in [6, 6.07) is 1.24. The van der Waals surface area contributed by atoms with Crippen molar-refractivity contribution >= 4 is 21.7 Å². The molecule has 0 aromatic carbocycles. The Hall–Kier alpha value is -1.90. The number of hydrogen-bond donors (Lipinski definition) is 1. The fourth-order valence-electron chi connectivity index (χ4n) is 5.08. The molecule has 2 saturated heterocycles. The molecule has 3 fully saturated rings. The van der Waals surface area contributed by atoms with Gasteiger partial charge in [0.1, 0.15) is 6.26 Å². The third kappa shape index (κ3) is 3.93. The number of likely N-dealkylation sites (tertiary alicyclic amines) is 1. The van der Waals surface area contributed by atoms with E-state index in [1.54, 1.807) is 0 Å². The molecule has 1 aromatic rings. The largest absolute Gasteiger partial charge is 0.364 e. The highest BCUT2D eigenvalue weighted by Gasteiger charge is 2.58. The predicted octanol–water partition coefficient (Wildman–Crippen LogP) is 1.78. The molecule has 29 heavy (non-hydrogen) atoms. The summed E-state index contributed by atoms with van der Waals surface area (Å²) in [5.41, 5.74) is 0.185. The number of amides is 2. The van der Waals surface area contributed by atoms with Gasteiger partial charge in [-0.25, -0.2) is 8.42 Å². The van der Waals surface area contributed by atoms with Crippen LogP contribution in [-0.2, 0) is 14.6 Å². The van der Waals surface area contributed by atoms with Gasteiger partial charge in [-0.1, -0.05) is 12.1 Å². The average Bonchev–Trinajstić information content (AvgIpc) is 3.10. The van der Waals surface area contributed by atoms with Crippen LogP contribution in [-0.4, -0.2) is 59.9 Å². The Morgan fingerprint density at radius 1 is 1.21 bits per heavy atom. The van der Waals surface area contributed by atoms with E-state index in [-0.39, 0.29) is 35.2 Å². The van der Waals surface area contributed by atoms with Crippen LogP contribution < -0.4 is 5.32 Å². The minimum atomic E-state index is -3.28. The number of rotatable bonds is 3. The van der Waals surface area contributed by atoms with E-state index in [2.05, 4.69) is 17.4 Å². The van der Waals surface area contributed by atoms with E-state index < -0.39 is 14.6 Å². The van der Waals surface area contributed by atoms with Crippen molar-refractivity contribution < 1.29 is 22.5 Å². The lowest BCUT2D eigenvalue weighted by molar-refractivity contribution is -0.139. The molecule has 160 valence electrons. The molecular weight excluding hydrogens is 394 g/mol. The predicted molar refractivity (Wildman–Crippen MR) is 106 cm³/mol. The minimum absolute atomic E-state index is 0.0406. The summed E-state index contributed by atoms with van der Waals surface area (Å²) in [6.45, 7) is 3.76. The van der Waals surface area contributed by atoms with Crippen LogP contribution in [0.15, 0.2) is 16.9 Å². The maximum absolute atomic E-state index is 12.9. The Bertz CT molecular complexity index is 861. The van der Waals surface area contributed by atoms with Crippen molar-refractivity contribution in [2.45, 2.75) is 62.7 Å². The smallest absolute Gasteiger partial charge is 0.273 e. The van der Waals surface area contributed by atoms with Crippen LogP contribution in [0.2, 0.25) is 0 Å². The lowest BCUT2D eigenvalue weighted by atomic mass is 9.70. The highest BCUT2D eigenvalue weighted by Crippen LogP contribution is 2.50. The molecule has 0 bridgehead atoms. The first kappa shape index (κ1) is 20.4. The van der Waals surface area contributed by atoms with Crippen molar-refractivity contribution in [3.8, 4) is 0 Å². The van der Waals surface area contributed by atoms with Gasteiger partial charge in [-0.15, -0.1) is 0 Å². The highest BCUT2D eigenvalue weighted by molar-refractivity contribution is 7.92. The Morgan fingerprint density at radius 2 is 2.00 bits per heavy atom. The topological polar surface area (TPSA) is 110 Å². The van der Waals surface area contributed by atoms with Gasteiger partial charge in [0.25, 0.3) is 5.91 Å². The summed E-state index contributed by atoms with van der Waals surface area (Å²) in [5.74, 6) is 0.202. The van der Waals surface area contributed by atoms with Crippen LogP contribution in [0, 0.1) is 11.8 Å². The summed E-state index contributed by atoms with van der Waals surface area (Å²) in [7, 11) is -3.28. The molecule has 2 aliphatic heterocycles. The summed E-state index contributed by atoms with van der Waals surface area (Å²) in [5, 5.41) is 6.51. The second-order valence-corrected chi connectivity index (χ2v) is 11.5. The number of hydrogen-bond acceptors (Lipinski definition) is 6. The summed E-state index contributed by atoms with van der Waals surface area (Å²) < 4.78 is 29.5. The van der Waals surface area contributed by atoms with E-state index in [1.165, 1.54) is 12.3 Å². The number of nitrogens with one attached hydrogen (secondary N) is 1. The number of carbonyl (C=O) groups excluding carboxylic acids is 2. The molecule has 2 amide bonds. The quantitative estimate of drug-likeness (QED) is 0.794. The summed E-state index contributed by atoms with van der Waals surface area (Å²) >= 11 is 0. The molecule has 1 aliphatic carbocycles. The highest BCUT2D eigenvalue weighted by atomic mass is 32.2. The van der Waals surface area contributed by atoms with Gasteiger partial charge in [0.15, 0.2) is 15.5 Å². The summed E-state index contributed by atoms with van der Waals surface area (Å²) in [4.78, 5) is 27.1. The van der Waals surface area contributed by atoms with Gasteiger partial charge < -0.3 is 14.7 Å². The van der Waals surface area contributed by atoms with Crippen molar-refractivity contribution in [2.75, 3.05) is 18.8 Å². The van der Waals surface area contributed by atoms with E-state index in [1.807, 2.05) is 4.90 Å². The first-order valence-corrected chi connectivity index (χ1v) is 12.2. The molecule has 0 radical (unpaired) electrons. The maximum atomic E-state index is 12.9. The van der Waals surface area contributed by atoms with Crippen LogP contribution in [0.25, 0.3) is 0 Å². The fraction of sp³-hybridized carbons (Fsp3) is 0.750. The molecule has 3 heterocycles. The second kappa shape index (κ2) is 7.74. The zero-order valence-electron chi connectivity index (χ0n) is 16.8. The lowest BCUT2D eigenvalue weighted by Crippen LogP contribution is -2.61. The van der Waals surface area contributed by atoms with Crippen LogP contribution >= 0.6 is 0 Å².